The Balaban J connectivity index is 1.38. The zero-order chi connectivity index (χ0) is 12.5. The summed E-state index contributed by atoms with van der Waals surface area (Å²) in [4.78, 5) is 27.6. The Bertz CT molecular complexity index is 342. The van der Waals surface area contributed by atoms with E-state index < -0.39 is 0 Å². The van der Waals surface area contributed by atoms with E-state index in [-0.39, 0.29) is 5.91 Å². The van der Waals surface area contributed by atoms with Crippen LogP contribution in [0.15, 0.2) is 0 Å². The standard InChI is InChI=1S/C13H21N3O2/c17-12(14-11-3-4-11)9-15-5-7-16(8-6-15)13(18)10-1-2-10/h10-11H,1-9H2,(H,14,17). The van der Waals surface area contributed by atoms with Crippen LogP contribution in [0.25, 0.3) is 0 Å². The lowest BCUT2D eigenvalue weighted by Crippen LogP contribution is -2.51. The van der Waals surface area contributed by atoms with Gasteiger partial charge in [0, 0.05) is 38.1 Å². The minimum absolute atomic E-state index is 0.138. The smallest absolute Gasteiger partial charge is 0.234 e. The summed E-state index contributed by atoms with van der Waals surface area (Å²) >= 11 is 0. The predicted octanol–water partition coefficient (Wildman–Crippen LogP) is -0.181. The Kier molecular flexibility index (Phi) is 3.24. The fourth-order valence-corrected chi connectivity index (χ4v) is 2.42. The number of piperazine rings is 1. The molecule has 2 aliphatic carbocycles. The van der Waals surface area contributed by atoms with E-state index in [9.17, 15) is 9.59 Å². The number of nitrogens with zero attached hydrogens (tertiary/aromatic N) is 2. The van der Waals surface area contributed by atoms with Crippen molar-refractivity contribution in [3.63, 3.8) is 0 Å². The first-order valence-corrected chi connectivity index (χ1v) is 7.03. The van der Waals surface area contributed by atoms with Crippen LogP contribution in [-0.2, 0) is 9.59 Å². The number of rotatable bonds is 4. The molecule has 0 atom stereocenters. The zero-order valence-corrected chi connectivity index (χ0v) is 10.7. The average molecular weight is 251 g/mol. The first-order chi connectivity index (χ1) is 8.72. The predicted molar refractivity (Wildman–Crippen MR) is 66.9 cm³/mol. The summed E-state index contributed by atoms with van der Waals surface area (Å²) in [5.74, 6) is 0.784. The third-order valence-electron chi connectivity index (χ3n) is 3.92. The van der Waals surface area contributed by atoms with Gasteiger partial charge in [0.15, 0.2) is 0 Å². The third-order valence-corrected chi connectivity index (χ3v) is 3.92. The summed E-state index contributed by atoms with van der Waals surface area (Å²) in [6, 6.07) is 0.440. The Labute approximate surface area is 107 Å². The van der Waals surface area contributed by atoms with E-state index in [1.807, 2.05) is 4.90 Å². The van der Waals surface area contributed by atoms with Crippen LogP contribution in [0.2, 0.25) is 0 Å². The van der Waals surface area contributed by atoms with E-state index in [0.717, 1.165) is 51.9 Å². The average Bonchev–Trinajstić information content (AvgIpc) is 3.23. The fourth-order valence-electron chi connectivity index (χ4n) is 2.42. The van der Waals surface area contributed by atoms with Crippen LogP contribution in [0.3, 0.4) is 0 Å². The molecule has 100 valence electrons. The van der Waals surface area contributed by atoms with E-state index in [1.54, 1.807) is 0 Å². The normalized spacial score (nSPS) is 25.0. The zero-order valence-electron chi connectivity index (χ0n) is 10.7. The molecule has 1 saturated heterocycles. The van der Waals surface area contributed by atoms with Crippen LogP contribution >= 0.6 is 0 Å². The second kappa shape index (κ2) is 4.88. The Morgan fingerprint density at radius 2 is 1.67 bits per heavy atom. The number of carbonyl (C=O) groups is 2. The van der Waals surface area contributed by atoms with Gasteiger partial charge >= 0.3 is 0 Å². The lowest BCUT2D eigenvalue weighted by atomic mass is 10.2. The van der Waals surface area contributed by atoms with Gasteiger partial charge in [-0.3, -0.25) is 14.5 Å². The highest BCUT2D eigenvalue weighted by Gasteiger charge is 2.34. The van der Waals surface area contributed by atoms with Gasteiger partial charge in [0.2, 0.25) is 11.8 Å². The second-order valence-electron chi connectivity index (χ2n) is 5.72. The van der Waals surface area contributed by atoms with E-state index >= 15 is 0 Å². The molecule has 0 aromatic carbocycles. The maximum absolute atomic E-state index is 11.9. The van der Waals surface area contributed by atoms with Crippen molar-refractivity contribution in [2.24, 2.45) is 5.92 Å². The summed E-state index contributed by atoms with van der Waals surface area (Å²) in [6.07, 6.45) is 4.41. The van der Waals surface area contributed by atoms with Gasteiger partial charge in [-0.25, -0.2) is 0 Å². The molecule has 1 heterocycles. The molecule has 18 heavy (non-hydrogen) atoms. The number of hydrogen-bond acceptors (Lipinski definition) is 3. The van der Waals surface area contributed by atoms with Crippen molar-refractivity contribution < 1.29 is 9.59 Å². The van der Waals surface area contributed by atoms with Crippen molar-refractivity contribution in [1.82, 2.24) is 15.1 Å². The van der Waals surface area contributed by atoms with Gasteiger partial charge in [-0.15, -0.1) is 0 Å². The van der Waals surface area contributed by atoms with Crippen LogP contribution in [0.4, 0.5) is 0 Å². The topological polar surface area (TPSA) is 52.7 Å². The SMILES string of the molecule is O=C(CN1CCN(C(=O)C2CC2)CC1)NC1CC1. The van der Waals surface area contributed by atoms with Gasteiger partial charge in [-0.1, -0.05) is 0 Å². The first-order valence-electron chi connectivity index (χ1n) is 7.03. The first kappa shape index (κ1) is 12.0. The number of carbonyl (C=O) groups excluding carboxylic acids is 2. The molecule has 0 aromatic heterocycles. The maximum atomic E-state index is 11.9. The molecule has 0 aromatic rings. The molecule has 5 heteroatoms. The minimum Gasteiger partial charge on any atom is -0.352 e. The van der Waals surface area contributed by atoms with Gasteiger partial charge < -0.3 is 10.2 Å². The molecule has 0 spiro atoms. The molecule has 3 rings (SSSR count). The van der Waals surface area contributed by atoms with Crippen LogP contribution in [0, 0.1) is 5.92 Å². The van der Waals surface area contributed by atoms with Gasteiger partial charge in [0.1, 0.15) is 0 Å². The highest BCUT2D eigenvalue weighted by molar-refractivity contribution is 5.81. The van der Waals surface area contributed by atoms with Gasteiger partial charge in [-0.2, -0.15) is 0 Å². The van der Waals surface area contributed by atoms with Gasteiger partial charge in [0.05, 0.1) is 6.54 Å². The molecule has 0 unspecified atom stereocenters. The molecule has 3 fully saturated rings. The fraction of sp³-hybridized carbons (Fsp3) is 0.846. The van der Waals surface area contributed by atoms with Crippen LogP contribution in [-0.4, -0.2) is 60.4 Å². The molecule has 2 amide bonds. The van der Waals surface area contributed by atoms with Crippen molar-refractivity contribution in [3.05, 3.63) is 0 Å². The third kappa shape index (κ3) is 3.02. The van der Waals surface area contributed by atoms with Crippen molar-refractivity contribution in [1.29, 1.82) is 0 Å². The molecular weight excluding hydrogens is 230 g/mol. The van der Waals surface area contributed by atoms with E-state index in [0.29, 0.717) is 24.4 Å². The molecule has 2 saturated carbocycles. The summed E-state index contributed by atoms with van der Waals surface area (Å²) in [5, 5.41) is 3.00. The van der Waals surface area contributed by atoms with Gasteiger partial charge in [-0.05, 0) is 25.7 Å². The molecule has 1 N–H and O–H groups in total. The number of hydrogen-bond donors (Lipinski definition) is 1. The van der Waals surface area contributed by atoms with Crippen molar-refractivity contribution in [2.45, 2.75) is 31.7 Å². The maximum Gasteiger partial charge on any atom is 0.234 e. The highest BCUT2D eigenvalue weighted by atomic mass is 16.2. The Hall–Kier alpha value is -1.10. The quantitative estimate of drug-likeness (QED) is 0.754. The van der Waals surface area contributed by atoms with Crippen LogP contribution in [0.5, 0.6) is 0 Å². The summed E-state index contributed by atoms with van der Waals surface area (Å²) in [5.41, 5.74) is 0. The van der Waals surface area contributed by atoms with Crippen molar-refractivity contribution >= 4 is 11.8 Å². The summed E-state index contributed by atoms with van der Waals surface area (Å²) in [7, 11) is 0. The lowest BCUT2D eigenvalue weighted by Gasteiger charge is -2.34. The molecule has 1 aliphatic heterocycles. The molecule has 0 radical (unpaired) electrons. The second-order valence-corrected chi connectivity index (χ2v) is 5.72. The molecule has 3 aliphatic rings. The Morgan fingerprint density at radius 3 is 2.22 bits per heavy atom. The van der Waals surface area contributed by atoms with E-state index in [4.69, 9.17) is 0 Å². The van der Waals surface area contributed by atoms with E-state index in [1.165, 1.54) is 0 Å². The lowest BCUT2D eigenvalue weighted by molar-refractivity contribution is -0.134. The van der Waals surface area contributed by atoms with E-state index in [2.05, 4.69) is 10.2 Å². The van der Waals surface area contributed by atoms with Crippen LogP contribution in [0.1, 0.15) is 25.7 Å². The molecule has 5 nitrogen and oxygen atoms in total. The Morgan fingerprint density at radius 1 is 1.00 bits per heavy atom. The largest absolute Gasteiger partial charge is 0.352 e. The molecular formula is C13H21N3O2. The molecule has 0 bridgehead atoms. The van der Waals surface area contributed by atoms with Gasteiger partial charge in [0.25, 0.3) is 0 Å². The van der Waals surface area contributed by atoms with Crippen LogP contribution < -0.4 is 5.32 Å². The monoisotopic (exact) mass is 251 g/mol. The minimum atomic E-state index is 0.138. The number of amides is 2. The van der Waals surface area contributed by atoms with Crippen molar-refractivity contribution in [2.75, 3.05) is 32.7 Å². The van der Waals surface area contributed by atoms with Crippen molar-refractivity contribution in [3.8, 4) is 0 Å². The number of nitrogens with one attached hydrogen (secondary N) is 1. The summed E-state index contributed by atoms with van der Waals surface area (Å²) in [6.45, 7) is 3.72. The highest BCUT2D eigenvalue weighted by Crippen LogP contribution is 2.31. The summed E-state index contributed by atoms with van der Waals surface area (Å²) < 4.78 is 0.